The van der Waals surface area contributed by atoms with Gasteiger partial charge in [0.2, 0.25) is 0 Å². The molecule has 0 saturated carbocycles. The van der Waals surface area contributed by atoms with Gasteiger partial charge in [-0.05, 0) is 31.9 Å². The Morgan fingerprint density at radius 3 is 2.93 bits per heavy atom. The number of hydrogen-bond acceptors (Lipinski definition) is 3. The molecule has 1 saturated heterocycles. The van der Waals surface area contributed by atoms with E-state index in [4.69, 9.17) is 5.73 Å². The number of nitrogens with zero attached hydrogens (tertiary/aromatic N) is 2. The molecule has 1 aliphatic rings. The summed E-state index contributed by atoms with van der Waals surface area (Å²) < 4.78 is 0. The van der Waals surface area contributed by atoms with Crippen LogP contribution in [0.3, 0.4) is 0 Å². The van der Waals surface area contributed by atoms with Crippen molar-refractivity contribution in [2.45, 2.75) is 38.4 Å². The van der Waals surface area contributed by atoms with Crippen LogP contribution in [0.4, 0.5) is 0 Å². The predicted molar refractivity (Wildman–Crippen MR) is 61.4 cm³/mol. The Labute approximate surface area is 91.3 Å². The van der Waals surface area contributed by atoms with Crippen LogP contribution in [-0.2, 0) is 0 Å². The van der Waals surface area contributed by atoms with Gasteiger partial charge in [0, 0.05) is 31.0 Å². The second kappa shape index (κ2) is 4.29. The first kappa shape index (κ1) is 10.6. The molecule has 0 bridgehead atoms. The number of pyridine rings is 1. The normalized spacial score (nSPS) is 27.5. The van der Waals surface area contributed by atoms with Gasteiger partial charge >= 0.3 is 0 Å². The smallest absolute Gasteiger partial charge is 0.0517 e. The summed E-state index contributed by atoms with van der Waals surface area (Å²) in [6.45, 7) is 5.54. The van der Waals surface area contributed by atoms with Crippen molar-refractivity contribution in [3.8, 4) is 0 Å². The SMILES string of the molecule is CC(C)N1CC[C@@H](N)[C@@H]1c1cccnc1. The molecule has 2 heterocycles. The summed E-state index contributed by atoms with van der Waals surface area (Å²) in [6, 6.07) is 5.25. The van der Waals surface area contributed by atoms with Gasteiger partial charge in [-0.2, -0.15) is 0 Å². The summed E-state index contributed by atoms with van der Waals surface area (Å²) in [7, 11) is 0. The minimum Gasteiger partial charge on any atom is -0.326 e. The molecule has 1 aliphatic heterocycles. The predicted octanol–water partition coefficient (Wildman–Crippen LogP) is 1.56. The third kappa shape index (κ3) is 2.03. The molecule has 1 fully saturated rings. The lowest BCUT2D eigenvalue weighted by Crippen LogP contribution is -2.35. The van der Waals surface area contributed by atoms with E-state index in [9.17, 15) is 0 Å². The maximum absolute atomic E-state index is 6.17. The van der Waals surface area contributed by atoms with E-state index in [1.54, 1.807) is 0 Å². The first-order valence-corrected chi connectivity index (χ1v) is 5.61. The Balaban J connectivity index is 2.25. The van der Waals surface area contributed by atoms with Gasteiger partial charge in [-0.15, -0.1) is 0 Å². The van der Waals surface area contributed by atoms with Crippen molar-refractivity contribution in [1.82, 2.24) is 9.88 Å². The van der Waals surface area contributed by atoms with E-state index in [1.807, 2.05) is 18.5 Å². The van der Waals surface area contributed by atoms with Gasteiger partial charge in [-0.25, -0.2) is 0 Å². The molecule has 0 spiro atoms. The monoisotopic (exact) mass is 205 g/mol. The van der Waals surface area contributed by atoms with Crippen molar-refractivity contribution in [3.05, 3.63) is 30.1 Å². The fourth-order valence-electron chi connectivity index (χ4n) is 2.41. The average molecular weight is 205 g/mol. The van der Waals surface area contributed by atoms with Gasteiger partial charge < -0.3 is 5.73 Å². The highest BCUT2D eigenvalue weighted by atomic mass is 15.2. The Morgan fingerprint density at radius 1 is 1.53 bits per heavy atom. The molecule has 1 aromatic heterocycles. The Kier molecular flexibility index (Phi) is 3.03. The molecule has 82 valence electrons. The zero-order valence-corrected chi connectivity index (χ0v) is 9.43. The summed E-state index contributed by atoms with van der Waals surface area (Å²) in [6.07, 6.45) is 4.83. The van der Waals surface area contributed by atoms with Crippen LogP contribution in [0, 0.1) is 0 Å². The highest BCUT2D eigenvalue weighted by molar-refractivity contribution is 5.18. The summed E-state index contributed by atoms with van der Waals surface area (Å²) in [4.78, 5) is 6.64. The third-order valence-corrected chi connectivity index (χ3v) is 3.17. The van der Waals surface area contributed by atoms with E-state index in [1.165, 1.54) is 5.56 Å². The number of hydrogen-bond donors (Lipinski definition) is 1. The lowest BCUT2D eigenvalue weighted by Gasteiger charge is -2.30. The van der Waals surface area contributed by atoms with Crippen molar-refractivity contribution >= 4 is 0 Å². The number of nitrogens with two attached hydrogens (primary N) is 1. The fraction of sp³-hybridized carbons (Fsp3) is 0.583. The highest BCUT2D eigenvalue weighted by Crippen LogP contribution is 2.32. The quantitative estimate of drug-likeness (QED) is 0.796. The van der Waals surface area contributed by atoms with Crippen LogP contribution in [0.25, 0.3) is 0 Å². The van der Waals surface area contributed by atoms with Crippen LogP contribution in [-0.4, -0.2) is 28.5 Å². The van der Waals surface area contributed by atoms with Gasteiger partial charge in [0.15, 0.2) is 0 Å². The van der Waals surface area contributed by atoms with Crippen LogP contribution < -0.4 is 5.73 Å². The maximum Gasteiger partial charge on any atom is 0.0517 e. The third-order valence-electron chi connectivity index (χ3n) is 3.17. The molecule has 0 unspecified atom stereocenters. The van der Waals surface area contributed by atoms with Gasteiger partial charge in [0.25, 0.3) is 0 Å². The summed E-state index contributed by atoms with van der Waals surface area (Å²) in [5.41, 5.74) is 7.42. The largest absolute Gasteiger partial charge is 0.326 e. The van der Waals surface area contributed by atoms with E-state index in [0.717, 1.165) is 13.0 Å². The molecular weight excluding hydrogens is 186 g/mol. The minimum absolute atomic E-state index is 0.247. The molecule has 2 atom stereocenters. The second-order valence-corrected chi connectivity index (χ2v) is 4.52. The highest BCUT2D eigenvalue weighted by Gasteiger charge is 2.34. The van der Waals surface area contributed by atoms with Crippen LogP contribution in [0.5, 0.6) is 0 Å². The van der Waals surface area contributed by atoms with Crippen molar-refractivity contribution in [2.24, 2.45) is 5.73 Å². The first-order chi connectivity index (χ1) is 7.20. The lowest BCUT2D eigenvalue weighted by molar-refractivity contribution is 0.198. The van der Waals surface area contributed by atoms with E-state index in [2.05, 4.69) is 29.8 Å². The maximum atomic E-state index is 6.17. The van der Waals surface area contributed by atoms with Crippen molar-refractivity contribution < 1.29 is 0 Å². The Bertz CT molecular complexity index is 310. The minimum atomic E-state index is 0.247. The van der Waals surface area contributed by atoms with Crippen molar-refractivity contribution in [3.63, 3.8) is 0 Å². The Morgan fingerprint density at radius 2 is 2.33 bits per heavy atom. The first-order valence-electron chi connectivity index (χ1n) is 5.61. The molecule has 3 nitrogen and oxygen atoms in total. The van der Waals surface area contributed by atoms with Gasteiger partial charge in [0.05, 0.1) is 6.04 Å². The summed E-state index contributed by atoms with van der Waals surface area (Å²) in [5.74, 6) is 0. The number of aromatic nitrogens is 1. The van der Waals surface area contributed by atoms with Gasteiger partial charge in [-0.1, -0.05) is 6.07 Å². The zero-order chi connectivity index (χ0) is 10.8. The topological polar surface area (TPSA) is 42.1 Å². The molecular formula is C12H19N3. The van der Waals surface area contributed by atoms with Crippen LogP contribution in [0.15, 0.2) is 24.5 Å². The summed E-state index contributed by atoms with van der Waals surface area (Å²) >= 11 is 0. The lowest BCUT2D eigenvalue weighted by atomic mass is 10.0. The van der Waals surface area contributed by atoms with Gasteiger partial charge in [0.1, 0.15) is 0 Å². The standard InChI is InChI=1S/C12H19N3/c1-9(2)15-7-5-11(13)12(15)10-4-3-6-14-8-10/h3-4,6,8-9,11-12H,5,7,13H2,1-2H3/t11-,12+/m1/s1. The van der Waals surface area contributed by atoms with E-state index < -0.39 is 0 Å². The fourth-order valence-corrected chi connectivity index (χ4v) is 2.41. The molecule has 0 radical (unpaired) electrons. The molecule has 15 heavy (non-hydrogen) atoms. The number of rotatable bonds is 2. The van der Waals surface area contributed by atoms with E-state index in [0.29, 0.717) is 12.1 Å². The molecule has 3 heteroatoms. The summed E-state index contributed by atoms with van der Waals surface area (Å²) in [5, 5.41) is 0. The zero-order valence-electron chi connectivity index (χ0n) is 9.43. The molecule has 0 aliphatic carbocycles. The van der Waals surface area contributed by atoms with Crippen LogP contribution >= 0.6 is 0 Å². The van der Waals surface area contributed by atoms with E-state index in [-0.39, 0.29) is 6.04 Å². The van der Waals surface area contributed by atoms with Crippen LogP contribution in [0.1, 0.15) is 31.9 Å². The second-order valence-electron chi connectivity index (χ2n) is 4.52. The number of likely N-dealkylation sites (tertiary alicyclic amines) is 1. The van der Waals surface area contributed by atoms with Crippen LogP contribution in [0.2, 0.25) is 0 Å². The molecule has 1 aromatic rings. The molecule has 0 aromatic carbocycles. The molecule has 2 rings (SSSR count). The Hall–Kier alpha value is -0.930. The van der Waals surface area contributed by atoms with Crippen molar-refractivity contribution in [1.29, 1.82) is 0 Å². The molecule has 0 amide bonds. The molecule has 2 N–H and O–H groups in total. The van der Waals surface area contributed by atoms with Gasteiger partial charge in [-0.3, -0.25) is 9.88 Å². The average Bonchev–Trinajstić information content (AvgIpc) is 2.61. The van der Waals surface area contributed by atoms with Crippen molar-refractivity contribution in [2.75, 3.05) is 6.54 Å². The van der Waals surface area contributed by atoms with E-state index >= 15 is 0 Å².